The molecule has 2 aliphatic rings. The first kappa shape index (κ1) is 32.0. The van der Waals surface area contributed by atoms with Gasteiger partial charge in [0.2, 0.25) is 0 Å². The van der Waals surface area contributed by atoms with Crippen LogP contribution < -0.4 is 16.0 Å². The van der Waals surface area contributed by atoms with Crippen LogP contribution in [0.2, 0.25) is 5.02 Å². The number of hydrogen-bond donors (Lipinski definition) is 3. The Morgan fingerprint density at radius 3 is 2.64 bits per heavy atom. The van der Waals surface area contributed by atoms with Gasteiger partial charge in [0.15, 0.2) is 6.10 Å². The maximum atomic E-state index is 11.8. The van der Waals surface area contributed by atoms with E-state index >= 15 is 0 Å². The molecule has 2 aromatic rings. The summed E-state index contributed by atoms with van der Waals surface area (Å²) in [6.07, 6.45) is 6.60. The van der Waals surface area contributed by atoms with E-state index in [-0.39, 0.29) is 12.0 Å². The lowest BCUT2D eigenvalue weighted by Crippen LogP contribution is -2.43. The largest absolute Gasteiger partial charge is 0.464 e. The Hall–Kier alpha value is -2.97. The summed E-state index contributed by atoms with van der Waals surface area (Å²) in [7, 11) is 0. The van der Waals surface area contributed by atoms with Crippen LogP contribution in [0.1, 0.15) is 59.3 Å². The van der Waals surface area contributed by atoms with E-state index in [0.29, 0.717) is 68.7 Å². The molecule has 3 heterocycles. The number of carbonyl (C=O) groups is 1. The van der Waals surface area contributed by atoms with Crippen molar-refractivity contribution in [2.24, 2.45) is 5.41 Å². The molecule has 2 aromatic heterocycles. The van der Waals surface area contributed by atoms with Gasteiger partial charge in [-0.15, -0.1) is 0 Å². The van der Waals surface area contributed by atoms with E-state index in [2.05, 4.69) is 33.9 Å². The molecule has 1 aliphatic carbocycles. The Morgan fingerprint density at radius 1 is 1.19 bits per heavy atom. The third kappa shape index (κ3) is 9.01. The molecule has 3 N–H and O–H groups in total. The predicted molar refractivity (Wildman–Crippen MR) is 163 cm³/mol. The van der Waals surface area contributed by atoms with Gasteiger partial charge in [0.25, 0.3) is 0 Å². The van der Waals surface area contributed by atoms with Crippen molar-refractivity contribution in [1.82, 2.24) is 15.3 Å². The topological polar surface area (TPSA) is 130 Å². The van der Waals surface area contributed by atoms with Crippen LogP contribution in [0.15, 0.2) is 30.5 Å². The lowest BCUT2D eigenvalue weighted by molar-refractivity contribution is -0.155. The molecular weight excluding hydrogens is 556 g/mol. The summed E-state index contributed by atoms with van der Waals surface area (Å²) < 4.78 is 16.1. The van der Waals surface area contributed by atoms with Gasteiger partial charge in [-0.3, -0.25) is 0 Å². The molecule has 2 fully saturated rings. The monoisotopic (exact) mass is 598 g/mol. The van der Waals surface area contributed by atoms with E-state index < -0.39 is 11.5 Å². The van der Waals surface area contributed by atoms with Gasteiger partial charge in [-0.1, -0.05) is 17.7 Å². The lowest BCUT2D eigenvalue weighted by Gasteiger charge is -2.32. The molecule has 4 rings (SSSR count). The third-order valence-electron chi connectivity index (χ3n) is 7.99. The molecular formula is C31H43ClN6O4. The normalized spacial score (nSPS) is 21.5. The van der Waals surface area contributed by atoms with Crippen LogP contribution in [0.3, 0.4) is 0 Å². The Kier molecular flexibility index (Phi) is 11.8. The molecule has 0 aromatic carbocycles. The number of anilines is 2. The Balaban J connectivity index is 1.28. The SMILES string of the molecule is CCOC(=O)[C@@H](C)OC[C@H](C)N[C@H]1CC[C@H](Nc2cc(-c3cccc(NCC4(C#N)CCOCC4)n3)c(Cl)cn2)CC1. The van der Waals surface area contributed by atoms with E-state index in [0.717, 1.165) is 42.8 Å². The van der Waals surface area contributed by atoms with Crippen molar-refractivity contribution in [3.63, 3.8) is 0 Å². The van der Waals surface area contributed by atoms with E-state index in [9.17, 15) is 10.1 Å². The molecule has 0 bridgehead atoms. The van der Waals surface area contributed by atoms with Crippen molar-refractivity contribution in [2.75, 3.05) is 43.6 Å². The fourth-order valence-electron chi connectivity index (χ4n) is 5.43. The number of rotatable bonds is 13. The minimum absolute atomic E-state index is 0.136. The van der Waals surface area contributed by atoms with Crippen molar-refractivity contribution in [3.05, 3.63) is 35.5 Å². The van der Waals surface area contributed by atoms with E-state index in [1.807, 2.05) is 24.3 Å². The standard InChI is InChI=1S/C31H43ClN6O4/c1-4-41-30(39)22(3)42-18-21(2)36-23-8-10-24(11-9-23)37-29-16-25(26(32)17-34-29)27-6-5-7-28(38-27)35-20-31(19-33)12-14-40-15-13-31/h5-7,16-17,21-24,36H,4,8-15,18,20H2,1-3H3,(H,34,37)(H,35,38)/t21-,22+,23-,24-/m0/s1. The van der Waals surface area contributed by atoms with Crippen molar-refractivity contribution < 1.29 is 19.0 Å². The first-order valence-corrected chi connectivity index (χ1v) is 15.4. The number of nitrogens with one attached hydrogen (secondary N) is 3. The number of ether oxygens (including phenoxy) is 3. The first-order chi connectivity index (χ1) is 20.3. The highest BCUT2D eigenvalue weighted by atomic mass is 35.5. The minimum Gasteiger partial charge on any atom is -0.464 e. The number of halogens is 1. The summed E-state index contributed by atoms with van der Waals surface area (Å²) in [6.45, 7) is 8.13. The lowest BCUT2D eigenvalue weighted by atomic mass is 9.82. The molecule has 228 valence electrons. The van der Waals surface area contributed by atoms with Crippen molar-refractivity contribution in [3.8, 4) is 17.3 Å². The van der Waals surface area contributed by atoms with Gasteiger partial charge in [-0.25, -0.2) is 14.8 Å². The fourth-order valence-corrected chi connectivity index (χ4v) is 5.63. The zero-order valence-electron chi connectivity index (χ0n) is 24.8. The summed E-state index contributed by atoms with van der Waals surface area (Å²) >= 11 is 6.56. The van der Waals surface area contributed by atoms with E-state index in [1.165, 1.54) is 0 Å². The Labute approximate surface area is 253 Å². The van der Waals surface area contributed by atoms with Gasteiger partial charge >= 0.3 is 5.97 Å². The molecule has 0 radical (unpaired) electrons. The maximum Gasteiger partial charge on any atom is 0.334 e. The Bertz CT molecular complexity index is 1210. The summed E-state index contributed by atoms with van der Waals surface area (Å²) in [5.74, 6) is 1.15. The van der Waals surface area contributed by atoms with Crippen LogP contribution in [0.5, 0.6) is 0 Å². The summed E-state index contributed by atoms with van der Waals surface area (Å²) in [6, 6.07) is 11.1. The van der Waals surface area contributed by atoms with Crippen LogP contribution >= 0.6 is 11.6 Å². The molecule has 1 saturated heterocycles. The maximum absolute atomic E-state index is 11.8. The number of esters is 1. The third-order valence-corrected chi connectivity index (χ3v) is 8.29. The van der Waals surface area contributed by atoms with Crippen LogP contribution in [-0.2, 0) is 19.0 Å². The smallest absolute Gasteiger partial charge is 0.334 e. The molecule has 2 atom stereocenters. The van der Waals surface area contributed by atoms with Crippen molar-refractivity contribution in [1.29, 1.82) is 5.26 Å². The predicted octanol–water partition coefficient (Wildman–Crippen LogP) is 5.20. The Morgan fingerprint density at radius 2 is 1.93 bits per heavy atom. The van der Waals surface area contributed by atoms with E-state index in [4.69, 9.17) is 30.8 Å². The molecule has 0 unspecified atom stereocenters. The van der Waals surface area contributed by atoms with Gasteiger partial charge in [-0.05, 0) is 77.5 Å². The fraction of sp³-hybridized carbons (Fsp3) is 0.613. The van der Waals surface area contributed by atoms with Gasteiger partial charge < -0.3 is 30.2 Å². The van der Waals surface area contributed by atoms with Crippen LogP contribution in [0.4, 0.5) is 11.6 Å². The van der Waals surface area contributed by atoms with E-state index in [1.54, 1.807) is 20.0 Å². The zero-order valence-corrected chi connectivity index (χ0v) is 25.6. The van der Waals surface area contributed by atoms with Crippen molar-refractivity contribution in [2.45, 2.75) is 83.5 Å². The average Bonchev–Trinajstić information content (AvgIpc) is 3.01. The zero-order chi connectivity index (χ0) is 30.0. The number of carbonyl (C=O) groups excluding carboxylic acids is 1. The second kappa shape index (κ2) is 15.5. The summed E-state index contributed by atoms with van der Waals surface area (Å²) in [4.78, 5) is 21.1. The quantitative estimate of drug-likeness (QED) is 0.264. The highest BCUT2D eigenvalue weighted by Gasteiger charge is 2.32. The minimum atomic E-state index is -0.562. The molecule has 0 amide bonds. The van der Waals surface area contributed by atoms with Crippen molar-refractivity contribution >= 4 is 29.2 Å². The van der Waals surface area contributed by atoms with Crippen LogP contribution in [0, 0.1) is 16.7 Å². The molecule has 11 heteroatoms. The number of hydrogen-bond acceptors (Lipinski definition) is 10. The number of aromatic nitrogens is 2. The number of nitrogens with zero attached hydrogens (tertiary/aromatic N) is 3. The number of pyridine rings is 2. The summed E-state index contributed by atoms with van der Waals surface area (Å²) in [5, 5.41) is 20.9. The van der Waals surface area contributed by atoms with Gasteiger partial charge in [-0.2, -0.15) is 5.26 Å². The van der Waals surface area contributed by atoms with Gasteiger partial charge in [0, 0.05) is 49.6 Å². The van der Waals surface area contributed by atoms with Crippen LogP contribution in [-0.4, -0.2) is 73.1 Å². The first-order valence-electron chi connectivity index (χ1n) is 15.0. The molecule has 1 aliphatic heterocycles. The molecule has 1 saturated carbocycles. The van der Waals surface area contributed by atoms with Gasteiger partial charge in [0.1, 0.15) is 11.6 Å². The highest BCUT2D eigenvalue weighted by Crippen LogP contribution is 2.32. The molecule has 10 nitrogen and oxygen atoms in total. The molecule has 0 spiro atoms. The average molecular weight is 599 g/mol. The second-order valence-corrected chi connectivity index (χ2v) is 11.7. The van der Waals surface area contributed by atoms with Crippen LogP contribution in [0.25, 0.3) is 11.3 Å². The molecule has 42 heavy (non-hydrogen) atoms. The highest BCUT2D eigenvalue weighted by molar-refractivity contribution is 6.33. The number of nitriles is 1. The van der Waals surface area contributed by atoms with Gasteiger partial charge in [0.05, 0.1) is 35.4 Å². The second-order valence-electron chi connectivity index (χ2n) is 11.3. The summed E-state index contributed by atoms with van der Waals surface area (Å²) in [5.41, 5.74) is 1.11.